The third kappa shape index (κ3) is 8.72. The van der Waals surface area contributed by atoms with E-state index in [1.165, 1.54) is 7.11 Å². The van der Waals surface area contributed by atoms with Crippen molar-refractivity contribution in [2.24, 2.45) is 0 Å². The van der Waals surface area contributed by atoms with Gasteiger partial charge in [0, 0.05) is 70.8 Å². The molecule has 12 rings (SSSR count). The number of carbonyl (C=O) groups is 2. The van der Waals surface area contributed by atoms with Gasteiger partial charge in [-0.1, -0.05) is 47.5 Å². The number of esters is 1. The Morgan fingerprint density at radius 1 is 0.551 bits per heavy atom. The van der Waals surface area contributed by atoms with Crippen molar-refractivity contribution in [1.29, 1.82) is 0 Å². The van der Waals surface area contributed by atoms with Gasteiger partial charge in [-0.05, 0) is 123 Å². The lowest BCUT2D eigenvalue weighted by molar-refractivity contribution is 0.0599. The van der Waals surface area contributed by atoms with Crippen molar-refractivity contribution in [2.45, 2.75) is 37.8 Å². The summed E-state index contributed by atoms with van der Waals surface area (Å²) in [5, 5.41) is 10.7. The number of hydrogen-bond donors (Lipinski definition) is 1. The van der Waals surface area contributed by atoms with Crippen LogP contribution in [0.15, 0.2) is 130 Å². The number of carboxylic acids is 1. The normalized spacial score (nSPS) is 14.7. The van der Waals surface area contributed by atoms with Crippen LogP contribution in [0.5, 0.6) is 0 Å². The Bertz CT molecular complexity index is 3580. The molecule has 2 aliphatic rings. The molecule has 14 nitrogen and oxygen atoms in total. The molecule has 0 amide bonds. The number of rotatable bonds is 8. The van der Waals surface area contributed by atoms with E-state index in [0.717, 1.165) is 81.7 Å². The molecule has 2 aliphatic heterocycles. The molecule has 0 unspecified atom stereocenters. The SMILES string of the molecule is COC(=O)c1cccc(-c2nc3cc(-c4nc5cc(Cl)ccc5o4)ccc3n2C2CCOCC2)c1.O=C(O)c1cccc(-c2nc3cc(-c4nc5cc(Cl)ccc5o4)ccc3n2C2CCOCC2)c1. The molecule has 0 bridgehead atoms. The van der Waals surface area contributed by atoms with Crippen molar-refractivity contribution < 1.29 is 37.7 Å². The second kappa shape index (κ2) is 18.6. The molecule has 69 heavy (non-hydrogen) atoms. The van der Waals surface area contributed by atoms with Crippen LogP contribution in [0.4, 0.5) is 0 Å². The maximum absolute atomic E-state index is 12.2. The fourth-order valence-corrected chi connectivity index (χ4v) is 9.57. The van der Waals surface area contributed by atoms with Crippen molar-refractivity contribution in [2.75, 3.05) is 33.5 Å². The number of ether oxygens (including phenoxy) is 3. The number of oxazole rings is 2. The van der Waals surface area contributed by atoms with Gasteiger partial charge in [0.2, 0.25) is 11.8 Å². The molecule has 0 aliphatic carbocycles. The molecule has 10 aromatic rings. The third-order valence-electron chi connectivity index (χ3n) is 12.6. The fourth-order valence-electron chi connectivity index (χ4n) is 9.24. The maximum atomic E-state index is 12.2. The minimum Gasteiger partial charge on any atom is -0.478 e. The van der Waals surface area contributed by atoms with E-state index >= 15 is 0 Å². The van der Waals surface area contributed by atoms with Crippen LogP contribution in [-0.4, -0.2) is 79.7 Å². The highest BCUT2D eigenvalue weighted by Crippen LogP contribution is 2.38. The van der Waals surface area contributed by atoms with Crippen LogP contribution in [0.3, 0.4) is 0 Å². The second-order valence-electron chi connectivity index (χ2n) is 16.9. The maximum Gasteiger partial charge on any atom is 0.337 e. The Kier molecular flexibility index (Phi) is 11.9. The lowest BCUT2D eigenvalue weighted by Crippen LogP contribution is -2.20. The molecule has 2 saturated heterocycles. The third-order valence-corrected chi connectivity index (χ3v) is 13.1. The van der Waals surface area contributed by atoms with Gasteiger partial charge >= 0.3 is 11.9 Å². The summed E-state index contributed by atoms with van der Waals surface area (Å²) >= 11 is 12.2. The minimum atomic E-state index is -0.964. The number of halogens is 2. The van der Waals surface area contributed by atoms with E-state index in [-0.39, 0.29) is 23.6 Å². The first-order valence-electron chi connectivity index (χ1n) is 22.5. The van der Waals surface area contributed by atoms with Gasteiger partial charge in [0.05, 0.1) is 40.3 Å². The van der Waals surface area contributed by atoms with E-state index in [1.807, 2.05) is 60.7 Å². The van der Waals surface area contributed by atoms with Gasteiger partial charge in [0.25, 0.3) is 0 Å². The van der Waals surface area contributed by atoms with Crippen molar-refractivity contribution in [3.63, 3.8) is 0 Å². The highest BCUT2D eigenvalue weighted by Gasteiger charge is 2.26. The van der Waals surface area contributed by atoms with Crippen LogP contribution in [-0.2, 0) is 14.2 Å². The summed E-state index contributed by atoms with van der Waals surface area (Å²) in [5.41, 5.74) is 10.3. The second-order valence-corrected chi connectivity index (χ2v) is 17.8. The molecule has 4 aromatic heterocycles. The quantitative estimate of drug-likeness (QED) is 0.143. The zero-order valence-electron chi connectivity index (χ0n) is 37.1. The van der Waals surface area contributed by atoms with Crippen molar-refractivity contribution in [3.8, 4) is 45.7 Å². The number of fused-ring (bicyclic) bond motifs is 4. The van der Waals surface area contributed by atoms with Crippen LogP contribution in [0.1, 0.15) is 58.5 Å². The number of benzene rings is 6. The molecule has 0 atom stereocenters. The summed E-state index contributed by atoms with van der Waals surface area (Å²) < 4.78 is 32.5. The van der Waals surface area contributed by atoms with Gasteiger partial charge in [0.15, 0.2) is 11.2 Å². The standard InChI is InChI=1S/C27H22ClN3O4.C26H20ClN3O4/c1-33-27(32)18-4-2-3-16(13-18)25-29-21-14-17(26-30-22-15-19(28)6-8-24(22)35-26)5-7-23(21)31(25)20-9-11-34-12-10-20;27-18-5-7-23-21(14-18)29-25(34-23)16-4-6-22-20(13-16)28-24(30(22)19-8-10-33-11-9-19)15-2-1-3-17(12-15)26(31)32/h2-8,13-15,20H,9-12H2,1H3;1-7,12-14,19H,8-11H2,(H,31,32). The van der Waals surface area contributed by atoms with Crippen LogP contribution in [0.2, 0.25) is 10.0 Å². The molecule has 6 aromatic carbocycles. The predicted molar refractivity (Wildman–Crippen MR) is 263 cm³/mol. The van der Waals surface area contributed by atoms with Crippen LogP contribution < -0.4 is 0 Å². The average molecular weight is 962 g/mol. The van der Waals surface area contributed by atoms with Crippen molar-refractivity contribution in [3.05, 3.63) is 142 Å². The summed E-state index contributed by atoms with van der Waals surface area (Å²) in [4.78, 5) is 42.9. The summed E-state index contributed by atoms with van der Waals surface area (Å²) in [5.74, 6) is 1.21. The summed E-state index contributed by atoms with van der Waals surface area (Å²) in [6.07, 6.45) is 3.51. The van der Waals surface area contributed by atoms with Gasteiger partial charge in [-0.25, -0.2) is 29.5 Å². The Balaban J connectivity index is 0.000000151. The van der Waals surface area contributed by atoms with Crippen LogP contribution >= 0.6 is 23.2 Å². The number of nitrogens with zero attached hydrogens (tertiary/aromatic N) is 6. The first-order valence-corrected chi connectivity index (χ1v) is 23.3. The molecular formula is C53H42Cl2N6O8. The molecule has 16 heteroatoms. The molecular weight excluding hydrogens is 920 g/mol. The number of imidazole rings is 2. The highest BCUT2D eigenvalue weighted by atomic mass is 35.5. The van der Waals surface area contributed by atoms with E-state index in [4.69, 9.17) is 56.2 Å². The monoisotopic (exact) mass is 960 g/mol. The summed E-state index contributed by atoms with van der Waals surface area (Å²) in [6.45, 7) is 2.77. The van der Waals surface area contributed by atoms with E-state index < -0.39 is 5.97 Å². The van der Waals surface area contributed by atoms with Gasteiger partial charge in [-0.3, -0.25) is 0 Å². The summed E-state index contributed by atoms with van der Waals surface area (Å²) in [6, 6.07) is 37.5. The molecule has 1 N–H and O–H groups in total. The highest BCUT2D eigenvalue weighted by molar-refractivity contribution is 6.31. The van der Waals surface area contributed by atoms with Crippen molar-refractivity contribution >= 4 is 79.4 Å². The zero-order valence-corrected chi connectivity index (χ0v) is 38.6. The average Bonchev–Trinajstić information content (AvgIpc) is 4.19. The Labute approximate surface area is 404 Å². The Morgan fingerprint density at radius 3 is 1.48 bits per heavy atom. The summed E-state index contributed by atoms with van der Waals surface area (Å²) in [7, 11) is 1.38. The molecule has 0 radical (unpaired) electrons. The van der Waals surface area contributed by atoms with E-state index in [1.54, 1.807) is 54.6 Å². The van der Waals surface area contributed by atoms with Gasteiger partial charge in [0.1, 0.15) is 22.7 Å². The number of carbonyl (C=O) groups excluding carboxylic acids is 1. The number of aromatic carboxylic acids is 1. The topological polar surface area (TPSA) is 170 Å². The van der Waals surface area contributed by atoms with Crippen LogP contribution in [0.25, 0.3) is 90.0 Å². The van der Waals surface area contributed by atoms with Crippen molar-refractivity contribution in [1.82, 2.24) is 29.1 Å². The predicted octanol–water partition coefficient (Wildman–Crippen LogP) is 12.5. The van der Waals surface area contributed by atoms with Gasteiger partial charge < -0.3 is 37.3 Å². The van der Waals surface area contributed by atoms with E-state index in [9.17, 15) is 14.7 Å². The molecule has 0 spiro atoms. The van der Waals surface area contributed by atoms with E-state index in [0.29, 0.717) is 76.0 Å². The van der Waals surface area contributed by atoms with Crippen LogP contribution in [0, 0.1) is 0 Å². The Morgan fingerprint density at radius 2 is 1.01 bits per heavy atom. The lowest BCUT2D eigenvalue weighted by atomic mass is 10.1. The van der Waals surface area contributed by atoms with Gasteiger partial charge in [-0.2, -0.15) is 0 Å². The largest absolute Gasteiger partial charge is 0.478 e. The fraction of sp³-hybridized carbons (Fsp3) is 0.208. The Hall–Kier alpha value is -7.36. The minimum absolute atomic E-state index is 0.208. The number of hydrogen-bond acceptors (Lipinski definition) is 11. The lowest BCUT2D eigenvalue weighted by Gasteiger charge is -2.26. The van der Waals surface area contributed by atoms with E-state index in [2.05, 4.69) is 25.2 Å². The molecule has 6 heterocycles. The molecule has 0 saturated carbocycles. The number of aromatic nitrogens is 6. The molecule has 2 fully saturated rings. The first kappa shape index (κ1) is 44.2. The first-order chi connectivity index (χ1) is 33.7. The number of carboxylic acid groups (broad SMARTS) is 1. The van der Waals surface area contributed by atoms with Gasteiger partial charge in [-0.15, -0.1) is 0 Å². The smallest absolute Gasteiger partial charge is 0.337 e. The molecule has 346 valence electrons. The zero-order chi connectivity index (χ0) is 47.2. The number of methoxy groups -OCH3 is 1.